The van der Waals surface area contributed by atoms with E-state index >= 15 is 0 Å². The van der Waals surface area contributed by atoms with Crippen LogP contribution in [0.15, 0.2) is 35.3 Å². The number of hydrogen-bond donors (Lipinski definition) is 3. The number of halogens is 1. The molecule has 1 aliphatic carbocycles. The Labute approximate surface area is 199 Å². The van der Waals surface area contributed by atoms with E-state index in [4.69, 9.17) is 9.73 Å². The fraction of sp³-hybridized carbons (Fsp3) is 0.708. The van der Waals surface area contributed by atoms with Gasteiger partial charge in [0.2, 0.25) is 0 Å². The predicted octanol–water partition coefficient (Wildman–Crippen LogP) is 4.24. The largest absolute Gasteiger partial charge is 0.396 e. The van der Waals surface area contributed by atoms with Crippen molar-refractivity contribution in [2.75, 3.05) is 39.5 Å². The molecule has 1 aromatic carbocycles. The molecule has 0 bridgehead atoms. The number of hydrogen-bond acceptors (Lipinski definition) is 3. The maximum atomic E-state index is 9.59. The van der Waals surface area contributed by atoms with Gasteiger partial charge in [-0.15, -0.1) is 24.0 Å². The van der Waals surface area contributed by atoms with E-state index in [1.807, 2.05) is 0 Å². The van der Waals surface area contributed by atoms with Gasteiger partial charge < -0.3 is 20.5 Å². The van der Waals surface area contributed by atoms with Crippen molar-refractivity contribution >= 4 is 29.9 Å². The summed E-state index contributed by atoms with van der Waals surface area (Å²) in [5.74, 6) is 0.900. The van der Waals surface area contributed by atoms with Crippen molar-refractivity contribution in [2.45, 2.75) is 63.7 Å². The van der Waals surface area contributed by atoms with Gasteiger partial charge >= 0.3 is 0 Å². The van der Waals surface area contributed by atoms with Crippen molar-refractivity contribution in [3.63, 3.8) is 0 Å². The molecule has 1 aromatic rings. The van der Waals surface area contributed by atoms with E-state index in [1.165, 1.54) is 37.7 Å². The Morgan fingerprint density at radius 2 is 1.73 bits per heavy atom. The second-order valence-corrected chi connectivity index (χ2v) is 8.84. The molecule has 0 amide bonds. The average Bonchev–Trinajstić information content (AvgIpc) is 2.78. The Kier molecular flexibility index (Phi) is 10.9. The van der Waals surface area contributed by atoms with Crippen LogP contribution in [0.3, 0.4) is 0 Å². The monoisotopic (exact) mass is 529 g/mol. The standard InChI is InChI=1S/C24H39N3O2.HI/c1-2-25-22(26-19-23(13-16-28)11-7-4-8-12-23)27-20-24(14-17-29-18-15-24)21-9-5-3-6-10-21;/h3,5-6,9-10,28H,2,4,7-8,11-20H2,1H3,(H2,25,26,27);1H. The minimum atomic E-state index is 0. The van der Waals surface area contributed by atoms with Crippen LogP contribution in [0.5, 0.6) is 0 Å². The maximum Gasteiger partial charge on any atom is 0.191 e. The zero-order chi connectivity index (χ0) is 20.4. The van der Waals surface area contributed by atoms with Gasteiger partial charge in [-0.05, 0) is 50.0 Å². The molecule has 0 aromatic heterocycles. The molecular formula is C24H40IN3O2. The van der Waals surface area contributed by atoms with Crippen LogP contribution in [0.2, 0.25) is 0 Å². The lowest BCUT2D eigenvalue weighted by Gasteiger charge is -2.38. The SMILES string of the molecule is CCNC(=NCC1(CCO)CCCCC1)NCC1(c2ccccc2)CCOCC1.I. The number of nitrogens with zero attached hydrogens (tertiary/aromatic N) is 1. The van der Waals surface area contributed by atoms with Gasteiger partial charge in [0.25, 0.3) is 0 Å². The summed E-state index contributed by atoms with van der Waals surface area (Å²) in [4.78, 5) is 4.99. The van der Waals surface area contributed by atoms with Crippen molar-refractivity contribution in [3.05, 3.63) is 35.9 Å². The summed E-state index contributed by atoms with van der Waals surface area (Å²) in [6.45, 7) is 6.50. The van der Waals surface area contributed by atoms with E-state index < -0.39 is 0 Å². The molecule has 0 unspecified atom stereocenters. The molecule has 3 rings (SSSR count). The molecule has 0 atom stereocenters. The number of guanidine groups is 1. The van der Waals surface area contributed by atoms with Crippen LogP contribution >= 0.6 is 24.0 Å². The number of ether oxygens (including phenoxy) is 1. The van der Waals surface area contributed by atoms with Crippen molar-refractivity contribution in [3.8, 4) is 0 Å². The third kappa shape index (κ3) is 6.82. The van der Waals surface area contributed by atoms with E-state index in [0.717, 1.165) is 58.1 Å². The van der Waals surface area contributed by atoms with Crippen LogP contribution in [0, 0.1) is 5.41 Å². The van der Waals surface area contributed by atoms with E-state index in [0.29, 0.717) is 0 Å². The topological polar surface area (TPSA) is 65.9 Å². The van der Waals surface area contributed by atoms with Crippen LogP contribution in [0.4, 0.5) is 0 Å². The van der Waals surface area contributed by atoms with Crippen LogP contribution in [-0.4, -0.2) is 50.5 Å². The number of benzene rings is 1. The smallest absolute Gasteiger partial charge is 0.191 e. The second-order valence-electron chi connectivity index (χ2n) is 8.84. The highest BCUT2D eigenvalue weighted by atomic mass is 127. The number of aliphatic hydroxyl groups excluding tert-OH is 1. The van der Waals surface area contributed by atoms with Gasteiger partial charge in [0.1, 0.15) is 0 Å². The molecule has 1 heterocycles. The Balaban J connectivity index is 0.00000320. The first-order valence-corrected chi connectivity index (χ1v) is 11.5. The number of nitrogens with one attached hydrogen (secondary N) is 2. The molecule has 6 heteroatoms. The lowest BCUT2D eigenvalue weighted by Crippen LogP contribution is -2.48. The zero-order valence-corrected chi connectivity index (χ0v) is 20.8. The highest BCUT2D eigenvalue weighted by Gasteiger charge is 2.35. The Hall–Kier alpha value is -0.860. The Morgan fingerprint density at radius 1 is 1.03 bits per heavy atom. The molecule has 3 N–H and O–H groups in total. The molecule has 1 saturated heterocycles. The summed E-state index contributed by atoms with van der Waals surface area (Å²) in [7, 11) is 0. The first-order chi connectivity index (χ1) is 14.2. The van der Waals surface area contributed by atoms with Gasteiger partial charge in [-0.1, -0.05) is 49.6 Å². The van der Waals surface area contributed by atoms with Gasteiger partial charge in [-0.3, -0.25) is 4.99 Å². The summed E-state index contributed by atoms with van der Waals surface area (Å²) in [6.07, 6.45) is 9.12. The number of rotatable bonds is 8. The molecule has 0 radical (unpaired) electrons. The molecule has 0 spiro atoms. The van der Waals surface area contributed by atoms with E-state index in [2.05, 4.69) is 47.9 Å². The minimum absolute atomic E-state index is 0. The predicted molar refractivity (Wildman–Crippen MR) is 135 cm³/mol. The molecular weight excluding hydrogens is 489 g/mol. The molecule has 1 aliphatic heterocycles. The van der Waals surface area contributed by atoms with Gasteiger partial charge in [0, 0.05) is 44.9 Å². The van der Waals surface area contributed by atoms with Crippen LogP contribution in [0.1, 0.15) is 63.9 Å². The third-order valence-electron chi connectivity index (χ3n) is 6.90. The van der Waals surface area contributed by atoms with Crippen LogP contribution in [-0.2, 0) is 10.2 Å². The van der Waals surface area contributed by atoms with Gasteiger partial charge in [-0.25, -0.2) is 0 Å². The summed E-state index contributed by atoms with van der Waals surface area (Å²) >= 11 is 0. The summed E-state index contributed by atoms with van der Waals surface area (Å²) in [5, 5.41) is 16.7. The summed E-state index contributed by atoms with van der Waals surface area (Å²) in [5.41, 5.74) is 1.64. The van der Waals surface area contributed by atoms with E-state index in [-0.39, 0.29) is 41.4 Å². The fourth-order valence-electron chi connectivity index (χ4n) is 4.99. The first-order valence-electron chi connectivity index (χ1n) is 11.5. The first kappa shape index (κ1) is 25.4. The normalized spacial score (nSPS) is 20.8. The molecule has 2 aliphatic rings. The highest BCUT2D eigenvalue weighted by Crippen LogP contribution is 2.39. The van der Waals surface area contributed by atoms with Crippen molar-refractivity contribution in [1.29, 1.82) is 0 Å². The molecule has 170 valence electrons. The Morgan fingerprint density at radius 3 is 2.37 bits per heavy atom. The van der Waals surface area contributed by atoms with Gasteiger partial charge in [0.15, 0.2) is 5.96 Å². The van der Waals surface area contributed by atoms with Gasteiger partial charge in [0.05, 0.1) is 0 Å². The van der Waals surface area contributed by atoms with Crippen molar-refractivity contribution in [2.24, 2.45) is 10.4 Å². The molecule has 2 fully saturated rings. The van der Waals surface area contributed by atoms with Crippen LogP contribution in [0.25, 0.3) is 0 Å². The lowest BCUT2D eigenvalue weighted by atomic mass is 9.72. The molecule has 1 saturated carbocycles. The number of aliphatic hydroxyl groups is 1. The minimum Gasteiger partial charge on any atom is -0.396 e. The Bertz CT molecular complexity index is 621. The van der Waals surface area contributed by atoms with Crippen LogP contribution < -0.4 is 10.6 Å². The molecule has 5 nitrogen and oxygen atoms in total. The fourth-order valence-corrected chi connectivity index (χ4v) is 4.99. The lowest BCUT2D eigenvalue weighted by molar-refractivity contribution is 0.0513. The number of aliphatic imine (C=N–C) groups is 1. The van der Waals surface area contributed by atoms with Crippen molar-refractivity contribution in [1.82, 2.24) is 10.6 Å². The van der Waals surface area contributed by atoms with Crippen molar-refractivity contribution < 1.29 is 9.84 Å². The molecule has 30 heavy (non-hydrogen) atoms. The second kappa shape index (κ2) is 12.9. The summed E-state index contributed by atoms with van der Waals surface area (Å²) < 4.78 is 5.67. The maximum absolute atomic E-state index is 9.59. The van der Waals surface area contributed by atoms with Gasteiger partial charge in [-0.2, -0.15) is 0 Å². The third-order valence-corrected chi connectivity index (χ3v) is 6.90. The van der Waals surface area contributed by atoms with E-state index in [9.17, 15) is 5.11 Å². The zero-order valence-electron chi connectivity index (χ0n) is 18.5. The summed E-state index contributed by atoms with van der Waals surface area (Å²) in [6, 6.07) is 10.8. The van der Waals surface area contributed by atoms with E-state index in [1.54, 1.807) is 0 Å². The quantitative estimate of drug-likeness (QED) is 0.268. The average molecular weight is 530 g/mol. The highest BCUT2D eigenvalue weighted by molar-refractivity contribution is 14.0.